The van der Waals surface area contributed by atoms with E-state index in [1.165, 1.54) is 19.3 Å². The monoisotopic (exact) mass is 235 g/mol. The van der Waals surface area contributed by atoms with Crippen LogP contribution in [0.15, 0.2) is 6.07 Å². The zero-order chi connectivity index (χ0) is 12.3. The van der Waals surface area contributed by atoms with Crippen molar-refractivity contribution in [3.05, 3.63) is 6.07 Å². The molecule has 0 radical (unpaired) electrons. The van der Waals surface area contributed by atoms with Crippen LogP contribution in [0.3, 0.4) is 0 Å². The Balaban J connectivity index is 2.14. The van der Waals surface area contributed by atoms with E-state index < -0.39 is 0 Å². The summed E-state index contributed by atoms with van der Waals surface area (Å²) in [4.78, 5) is 8.39. The molecule has 1 fully saturated rings. The molecule has 1 aliphatic carbocycles. The molecule has 0 spiro atoms. The highest BCUT2D eigenvalue weighted by Gasteiger charge is 2.35. The molecule has 94 valence electrons. The van der Waals surface area contributed by atoms with Crippen molar-refractivity contribution in [3.63, 3.8) is 0 Å². The van der Waals surface area contributed by atoms with Gasteiger partial charge >= 0.3 is 0 Å². The molecule has 0 unspecified atom stereocenters. The number of nitrogens with two attached hydrogens (primary N) is 1. The molecule has 17 heavy (non-hydrogen) atoms. The Kier molecular flexibility index (Phi) is 3.36. The lowest BCUT2D eigenvalue weighted by atomic mass is 9.75. The third-order valence-corrected chi connectivity index (χ3v) is 3.48. The molecule has 0 atom stereocenters. The second-order valence-corrected chi connectivity index (χ2v) is 4.64. The number of hydrogen-bond acceptors (Lipinski definition) is 5. The van der Waals surface area contributed by atoms with Gasteiger partial charge in [-0.1, -0.05) is 6.92 Å². The van der Waals surface area contributed by atoms with Crippen LogP contribution in [0.5, 0.6) is 0 Å². The summed E-state index contributed by atoms with van der Waals surface area (Å²) in [6.45, 7) is 5.07. The van der Waals surface area contributed by atoms with Gasteiger partial charge < -0.3 is 16.4 Å². The van der Waals surface area contributed by atoms with Gasteiger partial charge in [0.2, 0.25) is 5.95 Å². The van der Waals surface area contributed by atoms with E-state index in [1.54, 1.807) is 0 Å². The molecule has 5 nitrogen and oxygen atoms in total. The van der Waals surface area contributed by atoms with Crippen molar-refractivity contribution < 1.29 is 0 Å². The topological polar surface area (TPSA) is 75.9 Å². The van der Waals surface area contributed by atoms with E-state index >= 15 is 0 Å². The standard InChI is InChI=1S/C12H21N5/c1-3-12(6-5-7-12)17-10-8-9(14-4-2)15-11(13)16-10/h8H,3-7H2,1-2H3,(H4,13,14,15,16,17). The predicted octanol–water partition coefficient (Wildman–Crippen LogP) is 2.24. The summed E-state index contributed by atoms with van der Waals surface area (Å²) in [6.07, 6.45) is 4.84. The minimum Gasteiger partial charge on any atom is -0.370 e. The van der Waals surface area contributed by atoms with E-state index in [2.05, 4.69) is 27.5 Å². The fourth-order valence-corrected chi connectivity index (χ4v) is 2.24. The lowest BCUT2D eigenvalue weighted by Crippen LogP contribution is -2.44. The maximum absolute atomic E-state index is 5.71. The SMILES string of the molecule is CCNc1cc(NC2(CC)CCC2)nc(N)n1. The molecule has 1 aromatic heterocycles. The molecule has 1 heterocycles. The summed E-state index contributed by atoms with van der Waals surface area (Å²) in [7, 11) is 0. The summed E-state index contributed by atoms with van der Waals surface area (Å²) in [5, 5.41) is 6.67. The fourth-order valence-electron chi connectivity index (χ4n) is 2.24. The summed E-state index contributed by atoms with van der Waals surface area (Å²) in [6, 6.07) is 1.93. The zero-order valence-electron chi connectivity index (χ0n) is 10.6. The van der Waals surface area contributed by atoms with Crippen LogP contribution < -0.4 is 16.4 Å². The molecule has 0 saturated heterocycles. The molecule has 1 aromatic rings. The number of nitrogens with zero attached hydrogens (tertiary/aromatic N) is 2. The van der Waals surface area contributed by atoms with Crippen molar-refractivity contribution in [1.82, 2.24) is 9.97 Å². The minimum absolute atomic E-state index is 0.226. The molecule has 0 aromatic carbocycles. The lowest BCUT2D eigenvalue weighted by Gasteiger charge is -2.42. The van der Waals surface area contributed by atoms with Crippen molar-refractivity contribution in [2.45, 2.75) is 45.1 Å². The highest BCUT2D eigenvalue weighted by molar-refractivity contribution is 5.52. The largest absolute Gasteiger partial charge is 0.370 e. The maximum atomic E-state index is 5.71. The van der Waals surface area contributed by atoms with E-state index in [4.69, 9.17) is 5.73 Å². The van der Waals surface area contributed by atoms with E-state index in [-0.39, 0.29) is 5.54 Å². The van der Waals surface area contributed by atoms with Crippen molar-refractivity contribution in [1.29, 1.82) is 0 Å². The van der Waals surface area contributed by atoms with Crippen LogP contribution >= 0.6 is 0 Å². The predicted molar refractivity (Wildman–Crippen MR) is 71.1 cm³/mol. The van der Waals surface area contributed by atoms with Crippen LogP contribution in [-0.4, -0.2) is 22.1 Å². The highest BCUT2D eigenvalue weighted by Crippen LogP contribution is 2.37. The molecule has 0 amide bonds. The molecule has 1 aliphatic rings. The normalized spacial score (nSPS) is 17.3. The van der Waals surface area contributed by atoms with Crippen molar-refractivity contribution in [3.8, 4) is 0 Å². The third kappa shape index (κ3) is 2.60. The number of rotatable bonds is 5. The van der Waals surface area contributed by atoms with Gasteiger partial charge in [-0.05, 0) is 32.6 Å². The second kappa shape index (κ2) is 4.77. The molecule has 4 N–H and O–H groups in total. The average Bonchev–Trinajstić information content (AvgIpc) is 2.23. The van der Waals surface area contributed by atoms with E-state index in [0.717, 1.165) is 24.6 Å². The Morgan fingerprint density at radius 1 is 1.29 bits per heavy atom. The lowest BCUT2D eigenvalue weighted by molar-refractivity contribution is 0.269. The van der Waals surface area contributed by atoms with Gasteiger partial charge in [-0.2, -0.15) is 9.97 Å². The smallest absolute Gasteiger partial charge is 0.223 e. The first kappa shape index (κ1) is 12.0. The average molecular weight is 235 g/mol. The highest BCUT2D eigenvalue weighted by atomic mass is 15.1. The van der Waals surface area contributed by atoms with Gasteiger partial charge in [-0.3, -0.25) is 0 Å². The first-order chi connectivity index (χ1) is 8.17. The Hall–Kier alpha value is -1.52. The Bertz CT molecular complexity index is 381. The van der Waals surface area contributed by atoms with Crippen LogP contribution in [0.2, 0.25) is 0 Å². The fraction of sp³-hybridized carbons (Fsp3) is 0.667. The third-order valence-electron chi connectivity index (χ3n) is 3.48. The summed E-state index contributed by atoms with van der Waals surface area (Å²) < 4.78 is 0. The van der Waals surface area contributed by atoms with E-state index in [0.29, 0.717) is 5.95 Å². The Morgan fingerprint density at radius 2 is 2.00 bits per heavy atom. The van der Waals surface area contributed by atoms with Crippen LogP contribution in [0, 0.1) is 0 Å². The number of nitrogen functional groups attached to an aromatic ring is 1. The molecular formula is C12H21N5. The van der Waals surface area contributed by atoms with E-state index in [1.807, 2.05) is 13.0 Å². The number of aromatic nitrogens is 2. The zero-order valence-corrected chi connectivity index (χ0v) is 10.6. The second-order valence-electron chi connectivity index (χ2n) is 4.64. The van der Waals surface area contributed by atoms with Crippen molar-refractivity contribution in [2.24, 2.45) is 0 Å². The molecular weight excluding hydrogens is 214 g/mol. The Morgan fingerprint density at radius 3 is 2.53 bits per heavy atom. The van der Waals surface area contributed by atoms with Crippen LogP contribution in [0.1, 0.15) is 39.5 Å². The van der Waals surface area contributed by atoms with Gasteiger partial charge in [0.25, 0.3) is 0 Å². The summed E-state index contributed by atoms with van der Waals surface area (Å²) >= 11 is 0. The molecule has 1 saturated carbocycles. The molecule has 2 rings (SSSR count). The summed E-state index contributed by atoms with van der Waals surface area (Å²) in [5.74, 6) is 1.93. The van der Waals surface area contributed by atoms with Gasteiger partial charge in [-0.25, -0.2) is 0 Å². The molecule has 0 bridgehead atoms. The first-order valence-electron chi connectivity index (χ1n) is 6.34. The minimum atomic E-state index is 0.226. The quantitative estimate of drug-likeness (QED) is 0.729. The van der Waals surface area contributed by atoms with Crippen LogP contribution in [0.25, 0.3) is 0 Å². The van der Waals surface area contributed by atoms with Crippen molar-refractivity contribution in [2.75, 3.05) is 22.9 Å². The van der Waals surface area contributed by atoms with Crippen LogP contribution in [0.4, 0.5) is 17.6 Å². The molecule has 5 heteroatoms. The summed E-state index contributed by atoms with van der Waals surface area (Å²) in [5.41, 5.74) is 5.93. The van der Waals surface area contributed by atoms with Crippen LogP contribution in [-0.2, 0) is 0 Å². The maximum Gasteiger partial charge on any atom is 0.223 e. The van der Waals surface area contributed by atoms with Crippen molar-refractivity contribution >= 4 is 17.6 Å². The van der Waals surface area contributed by atoms with E-state index in [9.17, 15) is 0 Å². The number of anilines is 3. The van der Waals surface area contributed by atoms with Gasteiger partial charge in [0, 0.05) is 18.2 Å². The van der Waals surface area contributed by atoms with Gasteiger partial charge in [-0.15, -0.1) is 0 Å². The number of hydrogen-bond donors (Lipinski definition) is 3. The Labute approximate surface area is 102 Å². The first-order valence-corrected chi connectivity index (χ1v) is 6.34. The van der Waals surface area contributed by atoms with Gasteiger partial charge in [0.1, 0.15) is 11.6 Å². The van der Waals surface area contributed by atoms with Gasteiger partial charge in [0.05, 0.1) is 0 Å². The number of nitrogens with one attached hydrogen (secondary N) is 2. The molecule has 0 aliphatic heterocycles. The van der Waals surface area contributed by atoms with Gasteiger partial charge in [0.15, 0.2) is 0 Å².